The van der Waals surface area contributed by atoms with Gasteiger partial charge in [0.25, 0.3) is 5.91 Å². The molecule has 1 aliphatic heterocycles. The Morgan fingerprint density at radius 1 is 1.07 bits per heavy atom. The third kappa shape index (κ3) is 4.40. The minimum absolute atomic E-state index is 0.0348. The summed E-state index contributed by atoms with van der Waals surface area (Å²) in [5.41, 5.74) is 4.35. The summed E-state index contributed by atoms with van der Waals surface area (Å²) in [6.07, 6.45) is 3.39. The molecule has 0 aliphatic carbocycles. The van der Waals surface area contributed by atoms with Gasteiger partial charge in [-0.15, -0.1) is 0 Å². The van der Waals surface area contributed by atoms with Crippen LogP contribution >= 0.6 is 0 Å². The summed E-state index contributed by atoms with van der Waals surface area (Å²) >= 11 is 0. The molecule has 0 radical (unpaired) electrons. The van der Waals surface area contributed by atoms with Crippen LogP contribution < -0.4 is 10.1 Å². The van der Waals surface area contributed by atoms with E-state index in [9.17, 15) is 4.79 Å². The number of anilines is 1. The number of para-hydroxylation sites is 1. The molecule has 4 rings (SSSR count). The molecule has 0 unspecified atom stereocenters. The first kappa shape index (κ1) is 19.0. The van der Waals surface area contributed by atoms with Crippen molar-refractivity contribution in [3.63, 3.8) is 0 Å². The van der Waals surface area contributed by atoms with E-state index in [2.05, 4.69) is 34.6 Å². The number of ether oxygens (including phenoxy) is 1. The lowest BCUT2D eigenvalue weighted by molar-refractivity contribution is 0.0734. The number of nitrogens with one attached hydrogen (secondary N) is 1. The molecule has 29 heavy (non-hydrogen) atoms. The van der Waals surface area contributed by atoms with Gasteiger partial charge in [0.15, 0.2) is 0 Å². The van der Waals surface area contributed by atoms with Crippen molar-refractivity contribution in [2.45, 2.75) is 19.4 Å². The highest BCUT2D eigenvalue weighted by atomic mass is 16.5. The van der Waals surface area contributed by atoms with Gasteiger partial charge < -0.3 is 15.0 Å². The molecule has 0 fully saturated rings. The molecule has 2 heterocycles. The van der Waals surface area contributed by atoms with Gasteiger partial charge in [-0.2, -0.15) is 0 Å². The van der Waals surface area contributed by atoms with Gasteiger partial charge in [-0.25, -0.2) is 4.98 Å². The maximum absolute atomic E-state index is 12.8. The van der Waals surface area contributed by atoms with Crippen molar-refractivity contribution in [3.8, 4) is 5.75 Å². The lowest BCUT2D eigenvalue weighted by Crippen LogP contribution is -2.36. The van der Waals surface area contributed by atoms with E-state index in [4.69, 9.17) is 4.74 Å². The summed E-state index contributed by atoms with van der Waals surface area (Å²) in [6.45, 7) is 2.15. The molecule has 5 heteroatoms. The molecule has 1 N–H and O–H groups in total. The van der Waals surface area contributed by atoms with E-state index >= 15 is 0 Å². The van der Waals surface area contributed by atoms with Gasteiger partial charge in [-0.05, 0) is 47.7 Å². The molecular formula is C24H25N3O2. The highest BCUT2D eigenvalue weighted by molar-refractivity contribution is 5.94. The van der Waals surface area contributed by atoms with Crippen molar-refractivity contribution in [3.05, 3.63) is 89.1 Å². The summed E-state index contributed by atoms with van der Waals surface area (Å²) in [6, 6.07) is 20.0. The quantitative estimate of drug-likeness (QED) is 0.696. The summed E-state index contributed by atoms with van der Waals surface area (Å²) < 4.78 is 5.38. The zero-order chi connectivity index (χ0) is 20.1. The Morgan fingerprint density at radius 3 is 2.66 bits per heavy atom. The molecule has 148 valence electrons. The molecule has 0 atom stereocenters. The van der Waals surface area contributed by atoms with E-state index in [-0.39, 0.29) is 5.91 Å². The molecule has 2 aromatic carbocycles. The molecule has 3 aromatic rings. The number of carbonyl (C=O) groups is 1. The van der Waals surface area contributed by atoms with Gasteiger partial charge in [0.1, 0.15) is 11.6 Å². The minimum Gasteiger partial charge on any atom is -0.496 e. The Morgan fingerprint density at radius 2 is 1.86 bits per heavy atom. The van der Waals surface area contributed by atoms with Crippen molar-refractivity contribution >= 4 is 11.7 Å². The molecule has 0 saturated heterocycles. The number of carbonyl (C=O) groups excluding carboxylic acids is 1. The average molecular weight is 387 g/mol. The average Bonchev–Trinajstić information content (AvgIpc) is 2.79. The first-order valence-corrected chi connectivity index (χ1v) is 9.92. The SMILES string of the molecule is COc1ccccc1CCNc1ccc(C(=O)N2CCc3ccccc3C2)cn1. The molecule has 1 amide bonds. The number of fused-ring (bicyclic) bond motifs is 1. The van der Waals surface area contributed by atoms with E-state index in [1.807, 2.05) is 41.3 Å². The molecule has 5 nitrogen and oxygen atoms in total. The largest absolute Gasteiger partial charge is 0.496 e. The number of nitrogens with zero attached hydrogens (tertiary/aromatic N) is 2. The summed E-state index contributed by atoms with van der Waals surface area (Å²) in [7, 11) is 1.69. The number of hydrogen-bond acceptors (Lipinski definition) is 4. The summed E-state index contributed by atoms with van der Waals surface area (Å²) in [4.78, 5) is 19.2. The zero-order valence-corrected chi connectivity index (χ0v) is 16.6. The normalized spacial score (nSPS) is 12.9. The minimum atomic E-state index is 0.0348. The van der Waals surface area contributed by atoms with Crippen molar-refractivity contribution in [2.75, 3.05) is 25.5 Å². The van der Waals surface area contributed by atoms with Crippen molar-refractivity contribution < 1.29 is 9.53 Å². The van der Waals surface area contributed by atoms with Gasteiger partial charge in [0.2, 0.25) is 0 Å². The van der Waals surface area contributed by atoms with Crippen LogP contribution in [-0.2, 0) is 19.4 Å². The van der Waals surface area contributed by atoms with Gasteiger partial charge in [-0.3, -0.25) is 4.79 Å². The van der Waals surface area contributed by atoms with Crippen LogP contribution in [0.3, 0.4) is 0 Å². The first-order chi connectivity index (χ1) is 14.2. The van der Waals surface area contributed by atoms with Crippen LogP contribution in [0.4, 0.5) is 5.82 Å². The molecule has 0 saturated carbocycles. The Hall–Kier alpha value is -3.34. The fourth-order valence-electron chi connectivity index (χ4n) is 3.71. The fraction of sp³-hybridized carbons (Fsp3) is 0.250. The van der Waals surface area contributed by atoms with Gasteiger partial charge >= 0.3 is 0 Å². The Kier molecular flexibility index (Phi) is 5.75. The van der Waals surface area contributed by atoms with Crippen LogP contribution in [0, 0.1) is 0 Å². The lowest BCUT2D eigenvalue weighted by atomic mass is 9.99. The van der Waals surface area contributed by atoms with Crippen LogP contribution in [0.2, 0.25) is 0 Å². The number of hydrogen-bond donors (Lipinski definition) is 1. The molecule has 0 bridgehead atoms. The third-order valence-corrected chi connectivity index (χ3v) is 5.32. The van der Waals surface area contributed by atoms with E-state index in [1.54, 1.807) is 13.3 Å². The summed E-state index contributed by atoms with van der Waals surface area (Å²) in [5, 5.41) is 3.31. The van der Waals surface area contributed by atoms with Crippen LogP contribution in [0.15, 0.2) is 66.9 Å². The number of benzene rings is 2. The predicted octanol–water partition coefficient (Wildman–Crippen LogP) is 3.94. The second-order valence-electron chi connectivity index (χ2n) is 7.17. The zero-order valence-electron chi connectivity index (χ0n) is 16.6. The maximum atomic E-state index is 12.8. The smallest absolute Gasteiger partial charge is 0.255 e. The fourth-order valence-corrected chi connectivity index (χ4v) is 3.71. The van der Waals surface area contributed by atoms with Gasteiger partial charge in [-0.1, -0.05) is 42.5 Å². The Balaban J connectivity index is 1.34. The number of aromatic nitrogens is 1. The highest BCUT2D eigenvalue weighted by Crippen LogP contribution is 2.21. The highest BCUT2D eigenvalue weighted by Gasteiger charge is 2.21. The first-order valence-electron chi connectivity index (χ1n) is 9.92. The number of amides is 1. The van der Waals surface area contributed by atoms with Crippen LogP contribution in [0.5, 0.6) is 5.75 Å². The van der Waals surface area contributed by atoms with E-state index < -0.39 is 0 Å². The molecule has 1 aliphatic rings. The van der Waals surface area contributed by atoms with E-state index in [0.29, 0.717) is 12.1 Å². The predicted molar refractivity (Wildman–Crippen MR) is 114 cm³/mol. The van der Waals surface area contributed by atoms with Crippen molar-refractivity contribution in [1.29, 1.82) is 0 Å². The van der Waals surface area contributed by atoms with E-state index in [1.165, 1.54) is 11.1 Å². The maximum Gasteiger partial charge on any atom is 0.255 e. The van der Waals surface area contributed by atoms with Crippen molar-refractivity contribution in [2.24, 2.45) is 0 Å². The number of methoxy groups -OCH3 is 1. The molecular weight excluding hydrogens is 362 g/mol. The topological polar surface area (TPSA) is 54.5 Å². The molecule has 1 aromatic heterocycles. The van der Waals surface area contributed by atoms with E-state index in [0.717, 1.165) is 43.1 Å². The standard InChI is InChI=1S/C24H25N3O2/c1-29-22-9-5-4-7-19(22)12-14-25-23-11-10-20(16-26-23)24(28)27-15-13-18-6-2-3-8-21(18)17-27/h2-11,16H,12-15,17H2,1H3,(H,25,26). The third-order valence-electron chi connectivity index (χ3n) is 5.32. The monoisotopic (exact) mass is 387 g/mol. The van der Waals surface area contributed by atoms with Crippen LogP contribution in [0.1, 0.15) is 27.0 Å². The molecule has 0 spiro atoms. The van der Waals surface area contributed by atoms with Gasteiger partial charge in [0, 0.05) is 25.8 Å². The Labute approximate surface area is 171 Å². The van der Waals surface area contributed by atoms with Gasteiger partial charge in [0.05, 0.1) is 12.7 Å². The second-order valence-corrected chi connectivity index (χ2v) is 7.17. The lowest BCUT2D eigenvalue weighted by Gasteiger charge is -2.28. The number of pyridine rings is 1. The number of rotatable bonds is 6. The van der Waals surface area contributed by atoms with Crippen LogP contribution in [0.25, 0.3) is 0 Å². The second kappa shape index (κ2) is 8.78. The van der Waals surface area contributed by atoms with Crippen LogP contribution in [-0.4, -0.2) is 36.0 Å². The summed E-state index contributed by atoms with van der Waals surface area (Å²) in [5.74, 6) is 1.69. The Bertz CT molecular complexity index is 985. The van der Waals surface area contributed by atoms with Crippen molar-refractivity contribution in [1.82, 2.24) is 9.88 Å².